The van der Waals surface area contributed by atoms with Crippen molar-refractivity contribution in [1.29, 1.82) is 0 Å². The van der Waals surface area contributed by atoms with Crippen LogP contribution in [-0.2, 0) is 4.57 Å². The third kappa shape index (κ3) is 4.21. The van der Waals surface area contributed by atoms with Gasteiger partial charge in [0.2, 0.25) is 0 Å². The van der Waals surface area contributed by atoms with Crippen molar-refractivity contribution in [2.24, 2.45) is 0 Å². The fraction of sp³-hybridized carbons (Fsp3) is 0. The summed E-state index contributed by atoms with van der Waals surface area (Å²) in [6.45, 7) is 0. The van der Waals surface area contributed by atoms with Gasteiger partial charge in [0.05, 0.1) is 6.20 Å². The summed E-state index contributed by atoms with van der Waals surface area (Å²) in [5.41, 5.74) is 0. The Balaban J connectivity index is -0.000000333. The van der Waals surface area contributed by atoms with E-state index in [4.69, 9.17) is 4.89 Å². The largest absolute Gasteiger partial charge is 2.00 e. The summed E-state index contributed by atoms with van der Waals surface area (Å²) in [6.07, 6.45) is 4.06. The van der Waals surface area contributed by atoms with Gasteiger partial charge in [-0.1, -0.05) is 0 Å². The van der Waals surface area contributed by atoms with E-state index in [1.807, 2.05) is 0 Å². The Labute approximate surface area is 82.9 Å². The van der Waals surface area contributed by atoms with Gasteiger partial charge in [-0.25, -0.2) is 9.51 Å². The fourth-order valence-electron chi connectivity index (χ4n) is 0.413. The van der Waals surface area contributed by atoms with Crippen LogP contribution in [0.3, 0.4) is 0 Å². The summed E-state index contributed by atoms with van der Waals surface area (Å²) < 4.78 is 14.3. The molecule has 0 saturated carbocycles. The molecule has 1 unspecified atom stereocenters. The molecule has 1 N–H and O–H groups in total. The molecule has 1 aromatic heterocycles. The van der Waals surface area contributed by atoms with Crippen LogP contribution in [0.1, 0.15) is 2.85 Å². The predicted octanol–water partition coefficient (Wildman–Crippen LogP) is 0.349. The number of rotatable bonds is 2. The van der Waals surface area contributed by atoms with Crippen molar-refractivity contribution in [3.05, 3.63) is 18.6 Å². The number of nitrogens with zero attached hydrogens (tertiary/aromatic N) is 2. The van der Waals surface area contributed by atoms with E-state index in [1.165, 1.54) is 18.6 Å². The van der Waals surface area contributed by atoms with Gasteiger partial charge in [0.15, 0.2) is 0 Å². The molecule has 1 atom stereocenters. The van der Waals surface area contributed by atoms with E-state index in [-0.39, 0.29) is 31.8 Å². The van der Waals surface area contributed by atoms with E-state index >= 15 is 0 Å². The SMILES string of the molecule is O=[P+](O)Oc1cnccn1.[H-].[H-].[Mg+2]. The first-order valence-electron chi connectivity index (χ1n) is 2.39. The number of hydrogen-bond donors (Lipinski definition) is 1. The quantitative estimate of drug-likeness (QED) is 0.532. The molecule has 0 aliphatic carbocycles. The van der Waals surface area contributed by atoms with Gasteiger partial charge in [-0.05, 0) is 0 Å². The molecule has 1 aromatic rings. The Morgan fingerprint density at radius 3 is 2.82 bits per heavy atom. The second-order valence-corrected chi connectivity index (χ2v) is 2.03. The Hall–Kier alpha value is -0.294. The normalized spacial score (nSPS) is 9.73. The van der Waals surface area contributed by atoms with Crippen LogP contribution in [0.15, 0.2) is 18.6 Å². The molecule has 11 heavy (non-hydrogen) atoms. The average molecular weight is 185 g/mol. The maximum absolute atomic E-state index is 10.0. The molecule has 1 rings (SSSR count). The molecule has 0 spiro atoms. The van der Waals surface area contributed by atoms with Crippen molar-refractivity contribution in [2.45, 2.75) is 0 Å². The second-order valence-electron chi connectivity index (χ2n) is 1.37. The molecular weight excluding hydrogens is 179 g/mol. The summed E-state index contributed by atoms with van der Waals surface area (Å²) in [5.74, 6) is 0.0473. The fourth-order valence-corrected chi connectivity index (χ4v) is 0.667. The van der Waals surface area contributed by atoms with E-state index in [9.17, 15) is 4.57 Å². The zero-order valence-electron chi connectivity index (χ0n) is 7.54. The van der Waals surface area contributed by atoms with E-state index in [2.05, 4.69) is 14.5 Å². The molecule has 56 valence electrons. The zero-order chi connectivity index (χ0) is 7.40. The molecule has 7 heteroatoms. The molecule has 0 amide bonds. The third-order valence-corrected chi connectivity index (χ3v) is 1.05. The summed E-state index contributed by atoms with van der Waals surface area (Å²) >= 11 is 0. The van der Waals surface area contributed by atoms with Crippen LogP contribution in [0.25, 0.3) is 0 Å². The summed E-state index contributed by atoms with van der Waals surface area (Å²) in [5, 5.41) is 0. The van der Waals surface area contributed by atoms with Crippen LogP contribution < -0.4 is 4.52 Å². The van der Waals surface area contributed by atoms with E-state index in [0.29, 0.717) is 0 Å². The topological polar surface area (TPSA) is 72.3 Å². The molecule has 5 nitrogen and oxygen atoms in total. The smallest absolute Gasteiger partial charge is 1.00 e. The maximum Gasteiger partial charge on any atom is 2.00 e. The predicted molar refractivity (Wildman–Crippen MR) is 40.5 cm³/mol. The summed E-state index contributed by atoms with van der Waals surface area (Å²) in [4.78, 5) is 15.4. The first-order valence-corrected chi connectivity index (χ1v) is 3.52. The molecule has 1 heterocycles. The van der Waals surface area contributed by atoms with Crippen LogP contribution >= 0.6 is 8.25 Å². The minimum atomic E-state index is -2.63. The van der Waals surface area contributed by atoms with Gasteiger partial charge >= 0.3 is 31.3 Å². The van der Waals surface area contributed by atoms with Crippen LogP contribution in [0.4, 0.5) is 0 Å². The minimum absolute atomic E-state index is 0. The monoisotopic (exact) mass is 185 g/mol. The first-order chi connectivity index (χ1) is 4.79. The summed E-state index contributed by atoms with van der Waals surface area (Å²) in [6, 6.07) is 0. The van der Waals surface area contributed by atoms with Gasteiger partial charge in [-0.15, -0.1) is 4.89 Å². The van der Waals surface area contributed by atoms with Gasteiger partial charge in [-0.2, -0.15) is 0 Å². The van der Waals surface area contributed by atoms with Crippen molar-refractivity contribution in [3.63, 3.8) is 0 Å². The van der Waals surface area contributed by atoms with Crippen LogP contribution in [-0.4, -0.2) is 37.9 Å². The molecule has 0 aromatic carbocycles. The maximum atomic E-state index is 10.0. The molecule has 0 aliphatic rings. The van der Waals surface area contributed by atoms with Gasteiger partial charge in [0.25, 0.3) is 5.88 Å². The van der Waals surface area contributed by atoms with Crippen molar-refractivity contribution in [3.8, 4) is 5.88 Å². The second kappa shape index (κ2) is 5.37. The Kier molecular flexibility index (Phi) is 5.23. The van der Waals surface area contributed by atoms with Gasteiger partial charge < -0.3 is 2.85 Å². The first kappa shape index (κ1) is 10.7. The molecule has 0 fully saturated rings. The van der Waals surface area contributed by atoms with Crippen molar-refractivity contribution in [2.75, 3.05) is 0 Å². The van der Waals surface area contributed by atoms with Crippen molar-refractivity contribution in [1.82, 2.24) is 9.97 Å². The van der Waals surface area contributed by atoms with Crippen LogP contribution in [0.5, 0.6) is 5.88 Å². The zero-order valence-corrected chi connectivity index (χ0v) is 7.85. The number of hydrogen-bond acceptors (Lipinski definition) is 4. The van der Waals surface area contributed by atoms with E-state index in [0.717, 1.165) is 0 Å². The average Bonchev–Trinajstić information content (AvgIpc) is 1.88. The Bertz CT molecular complexity index is 240. The van der Waals surface area contributed by atoms with Crippen molar-refractivity contribution >= 4 is 31.3 Å². The van der Waals surface area contributed by atoms with Crippen LogP contribution in [0, 0.1) is 0 Å². The molecular formula is C4H6MgN2O3P+. The molecule has 0 bridgehead atoms. The third-order valence-electron chi connectivity index (χ3n) is 0.711. The molecule has 0 saturated heterocycles. The van der Waals surface area contributed by atoms with Gasteiger partial charge in [-0.3, -0.25) is 4.98 Å². The molecule has 0 radical (unpaired) electrons. The van der Waals surface area contributed by atoms with Crippen LogP contribution in [0.2, 0.25) is 0 Å². The van der Waals surface area contributed by atoms with Gasteiger partial charge in [0.1, 0.15) is 0 Å². The van der Waals surface area contributed by atoms with Crippen molar-refractivity contribution < 1.29 is 16.8 Å². The number of aromatic nitrogens is 2. The van der Waals surface area contributed by atoms with E-state index < -0.39 is 8.25 Å². The molecule has 0 aliphatic heterocycles. The summed E-state index contributed by atoms with van der Waals surface area (Å²) in [7, 11) is -2.63. The Morgan fingerprint density at radius 2 is 2.36 bits per heavy atom. The minimum Gasteiger partial charge on any atom is -1.00 e. The van der Waals surface area contributed by atoms with E-state index in [1.54, 1.807) is 0 Å². The standard InChI is InChI=1S/C4H3N2O3P.Mg.2H/c7-10(8)9-4-3-5-1-2-6-4;;;/h1-3H;;;/q;+2;2*-1/p+1. The Morgan fingerprint density at radius 1 is 1.64 bits per heavy atom. The van der Waals surface area contributed by atoms with Gasteiger partial charge in [0, 0.05) is 17.0 Å².